The first-order valence-electron chi connectivity index (χ1n) is 7.83. The molecule has 1 aliphatic carbocycles. The summed E-state index contributed by atoms with van der Waals surface area (Å²) in [5, 5.41) is 3.05. The molecule has 2 rings (SSSR count). The zero-order valence-corrected chi connectivity index (χ0v) is 12.1. The first-order valence-corrected chi connectivity index (χ1v) is 7.83. The van der Waals surface area contributed by atoms with E-state index in [9.17, 15) is 4.79 Å². The van der Waals surface area contributed by atoms with E-state index < -0.39 is 0 Å². The quantitative estimate of drug-likeness (QED) is 0.817. The van der Waals surface area contributed by atoms with Gasteiger partial charge < -0.3 is 15.8 Å². The molecule has 0 radical (unpaired) electrons. The second-order valence-corrected chi connectivity index (χ2v) is 6.16. The number of amides is 1. The number of hydrogen-bond donors (Lipinski definition) is 2. The summed E-state index contributed by atoms with van der Waals surface area (Å²) in [6.45, 7) is 3.75. The van der Waals surface area contributed by atoms with E-state index in [0.29, 0.717) is 12.0 Å². The summed E-state index contributed by atoms with van der Waals surface area (Å²) in [4.78, 5) is 12.2. The van der Waals surface area contributed by atoms with Crippen molar-refractivity contribution in [3.05, 3.63) is 0 Å². The Morgan fingerprint density at radius 1 is 1.26 bits per heavy atom. The van der Waals surface area contributed by atoms with Crippen molar-refractivity contribution < 1.29 is 9.53 Å². The van der Waals surface area contributed by atoms with Gasteiger partial charge in [-0.2, -0.15) is 0 Å². The highest BCUT2D eigenvalue weighted by molar-refractivity contribution is 5.79. The van der Waals surface area contributed by atoms with Gasteiger partial charge in [0.15, 0.2) is 0 Å². The van der Waals surface area contributed by atoms with Crippen molar-refractivity contribution in [1.82, 2.24) is 5.32 Å². The predicted octanol–water partition coefficient (Wildman–Crippen LogP) is 1.83. The number of ether oxygens (including phenoxy) is 1. The number of rotatable bonds is 4. The Morgan fingerprint density at radius 2 is 2.11 bits per heavy atom. The Kier molecular flexibility index (Phi) is 5.64. The van der Waals surface area contributed by atoms with Crippen LogP contribution < -0.4 is 11.1 Å². The molecular weight excluding hydrogens is 240 g/mol. The van der Waals surface area contributed by atoms with Crippen LogP contribution in [0, 0.1) is 11.8 Å². The minimum atomic E-state index is 0.0102. The van der Waals surface area contributed by atoms with Gasteiger partial charge in [-0.15, -0.1) is 0 Å². The normalized spacial score (nSPS) is 35.9. The van der Waals surface area contributed by atoms with E-state index in [0.717, 1.165) is 45.3 Å². The van der Waals surface area contributed by atoms with Crippen molar-refractivity contribution in [3.8, 4) is 0 Å². The van der Waals surface area contributed by atoms with Crippen LogP contribution in [0.1, 0.15) is 51.9 Å². The molecule has 4 unspecified atom stereocenters. The first kappa shape index (κ1) is 14.8. The molecule has 0 aromatic carbocycles. The van der Waals surface area contributed by atoms with Crippen molar-refractivity contribution in [3.63, 3.8) is 0 Å². The fourth-order valence-corrected chi connectivity index (χ4v) is 3.27. The van der Waals surface area contributed by atoms with Gasteiger partial charge in [0.25, 0.3) is 0 Å². The fourth-order valence-electron chi connectivity index (χ4n) is 3.27. The number of carbonyl (C=O) groups is 1. The molecule has 4 heteroatoms. The van der Waals surface area contributed by atoms with Crippen molar-refractivity contribution in [2.75, 3.05) is 13.2 Å². The van der Waals surface area contributed by atoms with E-state index >= 15 is 0 Å². The van der Waals surface area contributed by atoms with Crippen molar-refractivity contribution >= 4 is 5.91 Å². The summed E-state index contributed by atoms with van der Waals surface area (Å²) >= 11 is 0. The smallest absolute Gasteiger partial charge is 0.224 e. The maximum Gasteiger partial charge on any atom is 0.224 e. The lowest BCUT2D eigenvalue weighted by Gasteiger charge is -2.33. The SMILES string of the molecule is CC1CCCC(C(=O)NCCC2CCCCO2)C1N. The van der Waals surface area contributed by atoms with Gasteiger partial charge >= 0.3 is 0 Å². The van der Waals surface area contributed by atoms with Crippen LogP contribution in [0.5, 0.6) is 0 Å². The molecule has 1 aliphatic heterocycles. The zero-order valence-electron chi connectivity index (χ0n) is 12.1. The maximum atomic E-state index is 12.2. The molecule has 2 fully saturated rings. The lowest BCUT2D eigenvalue weighted by Crippen LogP contribution is -2.47. The molecule has 4 atom stereocenters. The van der Waals surface area contributed by atoms with Crippen LogP contribution in [0.4, 0.5) is 0 Å². The summed E-state index contributed by atoms with van der Waals surface area (Å²) < 4.78 is 5.67. The number of nitrogens with two attached hydrogens (primary N) is 1. The van der Waals surface area contributed by atoms with Crippen molar-refractivity contribution in [2.24, 2.45) is 17.6 Å². The van der Waals surface area contributed by atoms with Gasteiger partial charge in [-0.25, -0.2) is 0 Å². The van der Waals surface area contributed by atoms with E-state index in [1.807, 2.05) is 0 Å². The molecule has 0 aromatic heterocycles. The van der Waals surface area contributed by atoms with E-state index in [2.05, 4.69) is 12.2 Å². The standard InChI is InChI=1S/C15H28N2O2/c1-11-5-4-7-13(14(11)16)15(18)17-9-8-12-6-2-3-10-19-12/h11-14H,2-10,16H2,1H3,(H,17,18). The van der Waals surface area contributed by atoms with Crippen molar-refractivity contribution in [1.29, 1.82) is 0 Å². The lowest BCUT2D eigenvalue weighted by atomic mass is 9.78. The largest absolute Gasteiger partial charge is 0.378 e. The highest BCUT2D eigenvalue weighted by Gasteiger charge is 2.32. The van der Waals surface area contributed by atoms with E-state index in [1.54, 1.807) is 0 Å². The van der Waals surface area contributed by atoms with Gasteiger partial charge in [-0.05, 0) is 44.4 Å². The molecule has 1 saturated heterocycles. The van der Waals surface area contributed by atoms with Crippen LogP contribution in [0.25, 0.3) is 0 Å². The average molecular weight is 268 g/mol. The van der Waals surface area contributed by atoms with E-state index in [4.69, 9.17) is 10.5 Å². The molecule has 0 bridgehead atoms. The molecule has 0 aromatic rings. The van der Waals surface area contributed by atoms with Gasteiger partial charge in [0, 0.05) is 19.2 Å². The predicted molar refractivity (Wildman–Crippen MR) is 75.7 cm³/mol. The lowest BCUT2D eigenvalue weighted by molar-refractivity contribution is -0.127. The molecule has 4 nitrogen and oxygen atoms in total. The zero-order chi connectivity index (χ0) is 13.7. The Balaban J connectivity index is 1.68. The third-order valence-electron chi connectivity index (χ3n) is 4.67. The summed E-state index contributed by atoms with van der Waals surface area (Å²) in [5.41, 5.74) is 6.15. The molecule has 1 heterocycles. The molecule has 110 valence electrons. The third kappa shape index (κ3) is 4.18. The Bertz CT molecular complexity index is 290. The Morgan fingerprint density at radius 3 is 2.84 bits per heavy atom. The number of nitrogens with one attached hydrogen (secondary N) is 1. The number of hydrogen-bond acceptors (Lipinski definition) is 3. The topological polar surface area (TPSA) is 64.3 Å². The van der Waals surface area contributed by atoms with Gasteiger partial charge in [0.2, 0.25) is 5.91 Å². The summed E-state index contributed by atoms with van der Waals surface area (Å²) in [6, 6.07) is 0.0275. The third-order valence-corrected chi connectivity index (χ3v) is 4.67. The maximum absolute atomic E-state index is 12.2. The minimum Gasteiger partial charge on any atom is -0.378 e. The monoisotopic (exact) mass is 268 g/mol. The van der Waals surface area contributed by atoms with E-state index in [1.165, 1.54) is 12.8 Å². The molecule has 1 saturated carbocycles. The highest BCUT2D eigenvalue weighted by Crippen LogP contribution is 2.27. The molecule has 0 spiro atoms. The van der Waals surface area contributed by atoms with Gasteiger partial charge in [-0.3, -0.25) is 4.79 Å². The van der Waals surface area contributed by atoms with Crippen LogP contribution in [0.15, 0.2) is 0 Å². The van der Waals surface area contributed by atoms with Gasteiger partial charge in [-0.1, -0.05) is 13.3 Å². The summed E-state index contributed by atoms with van der Waals surface area (Å²) in [5.74, 6) is 0.622. The molecule has 2 aliphatic rings. The fraction of sp³-hybridized carbons (Fsp3) is 0.933. The second kappa shape index (κ2) is 7.25. The van der Waals surface area contributed by atoms with Crippen molar-refractivity contribution in [2.45, 2.75) is 64.0 Å². The van der Waals surface area contributed by atoms with Crippen LogP contribution >= 0.6 is 0 Å². The first-order chi connectivity index (χ1) is 9.18. The van der Waals surface area contributed by atoms with Gasteiger partial charge in [0.05, 0.1) is 12.0 Å². The molecular formula is C15H28N2O2. The highest BCUT2D eigenvalue weighted by atomic mass is 16.5. The van der Waals surface area contributed by atoms with Gasteiger partial charge in [0.1, 0.15) is 0 Å². The molecule has 3 N–H and O–H groups in total. The van der Waals surface area contributed by atoms with E-state index in [-0.39, 0.29) is 17.9 Å². The second-order valence-electron chi connectivity index (χ2n) is 6.16. The average Bonchev–Trinajstić information content (AvgIpc) is 2.43. The Hall–Kier alpha value is -0.610. The number of carbonyl (C=O) groups excluding carboxylic acids is 1. The van der Waals surface area contributed by atoms with Crippen LogP contribution in [0.3, 0.4) is 0 Å². The van der Waals surface area contributed by atoms with Crippen LogP contribution in [0.2, 0.25) is 0 Å². The Labute approximate surface area is 116 Å². The summed E-state index contributed by atoms with van der Waals surface area (Å²) in [7, 11) is 0. The van der Waals surface area contributed by atoms with Crippen LogP contribution in [-0.2, 0) is 9.53 Å². The minimum absolute atomic E-state index is 0.0102. The molecule has 19 heavy (non-hydrogen) atoms. The van der Waals surface area contributed by atoms with Crippen LogP contribution in [-0.4, -0.2) is 31.2 Å². The summed E-state index contributed by atoms with van der Waals surface area (Å²) in [6.07, 6.45) is 8.06. The molecule has 1 amide bonds.